The number of nitrogens with zero attached hydrogens (tertiary/aromatic N) is 2. The van der Waals surface area contributed by atoms with Gasteiger partial charge in [-0.3, -0.25) is 14.4 Å². The molecule has 0 unspecified atom stereocenters. The smallest absolute Gasteiger partial charge is 0.408 e. The quantitative estimate of drug-likeness (QED) is 0.589. The maximum atomic E-state index is 12.6. The Hall–Kier alpha value is -3.07. The Morgan fingerprint density at radius 1 is 1.21 bits per heavy atom. The number of H-pyrrole nitrogens is 1. The van der Waals surface area contributed by atoms with Crippen LogP contribution in [-0.4, -0.2) is 23.2 Å². The summed E-state index contributed by atoms with van der Waals surface area (Å²) in [4.78, 5) is 11.5. The molecule has 4 rings (SSSR count). The third-order valence-corrected chi connectivity index (χ3v) is 5.15. The van der Waals surface area contributed by atoms with Crippen molar-refractivity contribution in [3.05, 3.63) is 53.1 Å². The van der Waals surface area contributed by atoms with Crippen LogP contribution in [0.1, 0.15) is 0 Å². The van der Waals surface area contributed by atoms with Crippen molar-refractivity contribution in [1.82, 2.24) is 14.8 Å². The minimum absolute atomic E-state index is 0.0381. The molecule has 0 bridgehead atoms. The molecule has 2 aromatic heterocycles. The summed E-state index contributed by atoms with van der Waals surface area (Å²) in [5, 5.41) is 7.57. The molecule has 0 radical (unpaired) electrons. The first-order valence-electron chi connectivity index (χ1n) is 6.99. The third-order valence-electron chi connectivity index (χ3n) is 3.77. The maximum Gasteiger partial charge on any atom is 0.419 e. The van der Waals surface area contributed by atoms with E-state index in [1.807, 2.05) is 0 Å². The number of hydrogen-bond donors (Lipinski definition) is 2. The Balaban J connectivity index is 1.76. The van der Waals surface area contributed by atoms with Gasteiger partial charge in [-0.2, -0.15) is 5.10 Å². The summed E-state index contributed by atoms with van der Waals surface area (Å²) in [6.07, 6.45) is 1.65. The Kier molecular flexibility index (Phi) is 3.00. The van der Waals surface area contributed by atoms with Gasteiger partial charge in [-0.05, 0) is 36.4 Å². The molecule has 0 atom stereocenters. The molecule has 2 N–H and O–H groups in total. The lowest BCUT2D eigenvalue weighted by atomic mass is 10.2. The molecule has 8 nitrogen and oxygen atoms in total. The summed E-state index contributed by atoms with van der Waals surface area (Å²) >= 11 is 0. The van der Waals surface area contributed by atoms with Crippen LogP contribution in [0.15, 0.2) is 56.7 Å². The van der Waals surface area contributed by atoms with E-state index < -0.39 is 15.8 Å². The van der Waals surface area contributed by atoms with Crippen molar-refractivity contribution in [1.29, 1.82) is 0 Å². The summed E-state index contributed by atoms with van der Waals surface area (Å²) in [6.45, 7) is 0. The second-order valence-electron chi connectivity index (χ2n) is 5.33. The van der Waals surface area contributed by atoms with E-state index in [4.69, 9.17) is 4.42 Å². The van der Waals surface area contributed by atoms with Gasteiger partial charge in [0.15, 0.2) is 5.58 Å². The fraction of sp³-hybridized carbons (Fsp3) is 0.0667. The van der Waals surface area contributed by atoms with E-state index in [1.165, 1.54) is 29.8 Å². The summed E-state index contributed by atoms with van der Waals surface area (Å²) in [7, 11) is -2.29. The molecule has 2 aromatic carbocycles. The number of rotatable bonds is 3. The minimum atomic E-state index is -3.81. The summed E-state index contributed by atoms with van der Waals surface area (Å²) in [5.41, 5.74) is 1.88. The van der Waals surface area contributed by atoms with Crippen molar-refractivity contribution < 1.29 is 12.8 Å². The van der Waals surface area contributed by atoms with Gasteiger partial charge in [0.2, 0.25) is 0 Å². The van der Waals surface area contributed by atoms with Gasteiger partial charge in [-0.15, -0.1) is 0 Å². The first kappa shape index (κ1) is 14.5. The second kappa shape index (κ2) is 4.96. The SMILES string of the molecule is Cn1c(=O)oc2ccc(S(=O)(=O)Nc3ccc4cn[nH]c4c3)cc21. The highest BCUT2D eigenvalue weighted by Crippen LogP contribution is 2.22. The van der Waals surface area contributed by atoms with E-state index >= 15 is 0 Å². The number of oxazole rings is 1. The van der Waals surface area contributed by atoms with Crippen LogP contribution in [0.2, 0.25) is 0 Å². The van der Waals surface area contributed by atoms with Gasteiger partial charge in [0, 0.05) is 12.4 Å². The highest BCUT2D eigenvalue weighted by molar-refractivity contribution is 7.92. The van der Waals surface area contributed by atoms with Crippen molar-refractivity contribution in [3.8, 4) is 0 Å². The average molecular weight is 344 g/mol. The van der Waals surface area contributed by atoms with Crippen molar-refractivity contribution in [2.75, 3.05) is 4.72 Å². The first-order valence-corrected chi connectivity index (χ1v) is 8.48. The molecule has 24 heavy (non-hydrogen) atoms. The van der Waals surface area contributed by atoms with Crippen LogP contribution in [0.4, 0.5) is 5.69 Å². The number of aryl methyl sites for hydroxylation is 1. The molecule has 0 spiro atoms. The molecule has 0 fully saturated rings. The van der Waals surface area contributed by atoms with E-state index in [9.17, 15) is 13.2 Å². The Labute approximate surface area is 135 Å². The van der Waals surface area contributed by atoms with Crippen molar-refractivity contribution >= 4 is 37.7 Å². The van der Waals surface area contributed by atoms with E-state index in [-0.39, 0.29) is 4.90 Å². The standard InChI is InChI=1S/C15H12N4O4S/c1-19-13-7-11(4-5-14(13)23-15(19)20)24(21,22)18-10-3-2-9-8-16-17-12(9)6-10/h2-8,18H,1H3,(H,16,17). The fourth-order valence-electron chi connectivity index (χ4n) is 2.49. The molecular formula is C15H12N4O4S. The number of nitrogens with one attached hydrogen (secondary N) is 2. The largest absolute Gasteiger partial charge is 0.419 e. The minimum Gasteiger partial charge on any atom is -0.408 e. The van der Waals surface area contributed by atoms with Gasteiger partial charge in [-0.1, -0.05) is 0 Å². The predicted molar refractivity (Wildman–Crippen MR) is 88.4 cm³/mol. The number of aromatic nitrogens is 3. The Morgan fingerprint density at radius 2 is 2.04 bits per heavy atom. The molecule has 0 saturated heterocycles. The van der Waals surface area contributed by atoms with Crippen LogP contribution in [0.5, 0.6) is 0 Å². The Morgan fingerprint density at radius 3 is 2.88 bits per heavy atom. The average Bonchev–Trinajstić information content (AvgIpc) is 3.11. The number of aromatic amines is 1. The van der Waals surface area contributed by atoms with Gasteiger partial charge >= 0.3 is 5.76 Å². The van der Waals surface area contributed by atoms with Gasteiger partial charge in [0.1, 0.15) is 0 Å². The molecule has 0 aliphatic rings. The van der Waals surface area contributed by atoms with Gasteiger partial charge in [0.05, 0.1) is 27.8 Å². The molecule has 0 aliphatic carbocycles. The van der Waals surface area contributed by atoms with Crippen LogP contribution in [-0.2, 0) is 17.1 Å². The van der Waals surface area contributed by atoms with E-state index in [2.05, 4.69) is 14.9 Å². The topological polar surface area (TPSA) is 110 Å². The number of sulfonamides is 1. The molecule has 0 aliphatic heterocycles. The first-order chi connectivity index (χ1) is 11.4. The molecule has 122 valence electrons. The predicted octanol–water partition coefficient (Wildman–Crippen LogP) is 1.81. The van der Waals surface area contributed by atoms with Crippen LogP contribution < -0.4 is 10.5 Å². The lowest BCUT2D eigenvalue weighted by molar-refractivity contribution is 0.528. The van der Waals surface area contributed by atoms with E-state index in [0.717, 1.165) is 10.9 Å². The van der Waals surface area contributed by atoms with Crippen molar-refractivity contribution in [2.24, 2.45) is 7.05 Å². The lowest BCUT2D eigenvalue weighted by Gasteiger charge is -2.08. The van der Waals surface area contributed by atoms with Gasteiger partial charge in [-0.25, -0.2) is 13.2 Å². The van der Waals surface area contributed by atoms with Crippen LogP contribution in [0, 0.1) is 0 Å². The number of hydrogen-bond acceptors (Lipinski definition) is 5. The molecule has 0 amide bonds. The molecule has 4 aromatic rings. The Bertz CT molecular complexity index is 1230. The highest BCUT2D eigenvalue weighted by Gasteiger charge is 2.17. The van der Waals surface area contributed by atoms with Gasteiger partial charge in [0.25, 0.3) is 10.0 Å². The van der Waals surface area contributed by atoms with E-state index in [0.29, 0.717) is 16.8 Å². The number of benzene rings is 2. The normalized spacial score (nSPS) is 12.0. The fourth-order valence-corrected chi connectivity index (χ4v) is 3.56. The monoisotopic (exact) mass is 344 g/mol. The summed E-state index contributed by atoms with van der Waals surface area (Å²) < 4.78 is 33.9. The van der Waals surface area contributed by atoms with Crippen LogP contribution in [0.3, 0.4) is 0 Å². The summed E-state index contributed by atoms with van der Waals surface area (Å²) in [6, 6.07) is 9.33. The van der Waals surface area contributed by atoms with Crippen molar-refractivity contribution in [3.63, 3.8) is 0 Å². The number of fused-ring (bicyclic) bond motifs is 2. The van der Waals surface area contributed by atoms with E-state index in [1.54, 1.807) is 24.4 Å². The molecule has 0 saturated carbocycles. The summed E-state index contributed by atoms with van der Waals surface area (Å²) in [5.74, 6) is -0.544. The van der Waals surface area contributed by atoms with Crippen molar-refractivity contribution in [2.45, 2.75) is 4.90 Å². The zero-order chi connectivity index (χ0) is 16.9. The van der Waals surface area contributed by atoms with Crippen LogP contribution in [0.25, 0.3) is 22.0 Å². The zero-order valence-electron chi connectivity index (χ0n) is 12.5. The third kappa shape index (κ3) is 2.26. The molecule has 9 heteroatoms. The highest BCUT2D eigenvalue weighted by atomic mass is 32.2. The lowest BCUT2D eigenvalue weighted by Crippen LogP contribution is -2.13. The molecular weight excluding hydrogens is 332 g/mol. The second-order valence-corrected chi connectivity index (χ2v) is 7.02. The molecule has 2 heterocycles. The zero-order valence-corrected chi connectivity index (χ0v) is 13.3. The van der Waals surface area contributed by atoms with Crippen LogP contribution >= 0.6 is 0 Å². The van der Waals surface area contributed by atoms with Gasteiger partial charge < -0.3 is 4.42 Å². The maximum absolute atomic E-state index is 12.6. The number of anilines is 1.